The van der Waals surface area contributed by atoms with Gasteiger partial charge in [0.05, 0.1) is 12.7 Å². The first kappa shape index (κ1) is 5.79. The molecule has 0 radical (unpaired) electrons. The molecule has 0 bridgehead atoms. The highest BCUT2D eigenvalue weighted by Crippen LogP contribution is 2.05. The molecule has 0 spiro atoms. The predicted molar refractivity (Wildman–Crippen MR) is 32.6 cm³/mol. The quantitative estimate of drug-likeness (QED) is 0.522. The van der Waals surface area contributed by atoms with Crippen LogP contribution in [0, 0.1) is 0 Å². The van der Waals surface area contributed by atoms with Crippen LogP contribution in [-0.4, -0.2) is 19.3 Å². The fourth-order valence-electron chi connectivity index (χ4n) is 0.786. The summed E-state index contributed by atoms with van der Waals surface area (Å²) >= 11 is 0. The summed E-state index contributed by atoms with van der Waals surface area (Å²) in [5.74, 6) is 0. The van der Waals surface area contributed by atoms with Gasteiger partial charge < -0.3 is 10.5 Å². The highest BCUT2D eigenvalue weighted by atomic mass is 16.5. The molecule has 0 saturated heterocycles. The molecular weight excluding hydrogens is 102 g/mol. The Morgan fingerprint density at radius 2 is 2.62 bits per heavy atom. The lowest BCUT2D eigenvalue weighted by atomic mass is 10.2. The molecule has 1 aliphatic heterocycles. The van der Waals surface area contributed by atoms with Gasteiger partial charge in [-0.15, -0.1) is 0 Å². The van der Waals surface area contributed by atoms with Gasteiger partial charge in [0.2, 0.25) is 0 Å². The van der Waals surface area contributed by atoms with E-state index in [9.17, 15) is 0 Å². The molecule has 0 aliphatic carbocycles. The molecule has 0 unspecified atom stereocenters. The Balaban J connectivity index is 2.16. The molecule has 1 rings (SSSR count). The second-order valence-corrected chi connectivity index (χ2v) is 1.88. The first-order valence-electron chi connectivity index (χ1n) is 2.92. The molecule has 2 N–H and O–H groups in total. The van der Waals surface area contributed by atoms with Crippen LogP contribution in [0.25, 0.3) is 0 Å². The maximum absolute atomic E-state index is 5.29. The van der Waals surface area contributed by atoms with Crippen molar-refractivity contribution in [3.63, 3.8) is 0 Å². The summed E-state index contributed by atoms with van der Waals surface area (Å²) in [6.45, 7) is 1.49. The van der Waals surface area contributed by atoms with Gasteiger partial charge in [0.1, 0.15) is 0 Å². The molecule has 0 saturated carbocycles. The van der Waals surface area contributed by atoms with Crippen molar-refractivity contribution in [1.29, 1.82) is 0 Å². The average molecular weight is 113 g/mol. The predicted octanol–water partition coefficient (Wildman–Crippen LogP) is 0.290. The van der Waals surface area contributed by atoms with Crippen LogP contribution in [0.5, 0.6) is 0 Å². The van der Waals surface area contributed by atoms with Gasteiger partial charge in [0, 0.05) is 0 Å². The largest absolute Gasteiger partial charge is 0.370 e. The Kier molecular flexibility index (Phi) is 2.06. The van der Waals surface area contributed by atoms with E-state index in [2.05, 4.69) is 6.08 Å². The van der Waals surface area contributed by atoms with E-state index in [0.717, 1.165) is 19.6 Å². The van der Waals surface area contributed by atoms with Crippen LogP contribution in [-0.2, 0) is 4.74 Å². The maximum atomic E-state index is 5.29. The minimum atomic E-state index is 0.306. The average Bonchev–Trinajstić information content (AvgIpc) is 2.19. The van der Waals surface area contributed by atoms with Crippen molar-refractivity contribution in [2.24, 2.45) is 5.73 Å². The molecule has 0 fully saturated rings. The summed E-state index contributed by atoms with van der Waals surface area (Å²) in [6.07, 6.45) is 5.35. The van der Waals surface area contributed by atoms with Gasteiger partial charge in [-0.3, -0.25) is 0 Å². The molecule has 0 amide bonds. The van der Waals surface area contributed by atoms with Crippen LogP contribution in [0.2, 0.25) is 0 Å². The summed E-state index contributed by atoms with van der Waals surface area (Å²) in [7, 11) is 0. The van der Waals surface area contributed by atoms with E-state index >= 15 is 0 Å². The molecule has 1 atom stereocenters. The van der Waals surface area contributed by atoms with Crippen molar-refractivity contribution in [3.8, 4) is 0 Å². The van der Waals surface area contributed by atoms with Crippen molar-refractivity contribution < 1.29 is 4.74 Å². The van der Waals surface area contributed by atoms with Gasteiger partial charge in [-0.25, -0.2) is 0 Å². The topological polar surface area (TPSA) is 35.2 Å². The zero-order chi connectivity index (χ0) is 5.82. The van der Waals surface area contributed by atoms with Crippen molar-refractivity contribution in [1.82, 2.24) is 0 Å². The molecule has 0 aromatic heterocycles. The van der Waals surface area contributed by atoms with Gasteiger partial charge in [0.25, 0.3) is 0 Å². The molecule has 0 aromatic rings. The van der Waals surface area contributed by atoms with E-state index in [0.29, 0.717) is 6.10 Å². The first-order valence-corrected chi connectivity index (χ1v) is 2.92. The molecule has 1 heterocycles. The number of hydrogen-bond acceptors (Lipinski definition) is 2. The van der Waals surface area contributed by atoms with E-state index in [4.69, 9.17) is 10.5 Å². The Morgan fingerprint density at radius 1 is 1.75 bits per heavy atom. The lowest BCUT2D eigenvalue weighted by Gasteiger charge is -2.03. The second kappa shape index (κ2) is 2.84. The zero-order valence-electron chi connectivity index (χ0n) is 4.84. The minimum absolute atomic E-state index is 0.306. The summed E-state index contributed by atoms with van der Waals surface area (Å²) < 4.78 is 5.20. The van der Waals surface area contributed by atoms with Crippen LogP contribution in [0.3, 0.4) is 0 Å². The summed E-state index contributed by atoms with van der Waals surface area (Å²) in [5.41, 5.74) is 5.29. The van der Waals surface area contributed by atoms with E-state index in [1.807, 2.05) is 6.08 Å². The van der Waals surface area contributed by atoms with Crippen molar-refractivity contribution in [2.75, 3.05) is 13.2 Å². The van der Waals surface area contributed by atoms with Crippen LogP contribution in [0.15, 0.2) is 12.2 Å². The third kappa shape index (κ3) is 1.32. The monoisotopic (exact) mass is 113 g/mol. The highest BCUT2D eigenvalue weighted by Gasteiger charge is 2.05. The number of ether oxygens (including phenoxy) is 1. The number of rotatable bonds is 2. The smallest absolute Gasteiger partial charge is 0.0772 e. The number of hydrogen-bond donors (Lipinski definition) is 1. The molecule has 2 nitrogen and oxygen atoms in total. The highest BCUT2D eigenvalue weighted by molar-refractivity contribution is 4.95. The molecule has 1 aliphatic rings. The second-order valence-electron chi connectivity index (χ2n) is 1.88. The van der Waals surface area contributed by atoms with Crippen molar-refractivity contribution in [3.05, 3.63) is 12.2 Å². The number of nitrogens with two attached hydrogens (primary N) is 1. The SMILES string of the molecule is NCC[C@@H]1C=CCO1. The van der Waals surface area contributed by atoms with Crippen molar-refractivity contribution >= 4 is 0 Å². The Bertz CT molecular complexity index is 90.5. The van der Waals surface area contributed by atoms with Gasteiger partial charge >= 0.3 is 0 Å². The van der Waals surface area contributed by atoms with E-state index in [1.54, 1.807) is 0 Å². The van der Waals surface area contributed by atoms with Gasteiger partial charge in [-0.1, -0.05) is 12.2 Å². The van der Waals surface area contributed by atoms with Crippen LogP contribution in [0.4, 0.5) is 0 Å². The molecular formula is C6H11NO. The van der Waals surface area contributed by atoms with Gasteiger partial charge in [-0.05, 0) is 13.0 Å². The van der Waals surface area contributed by atoms with E-state index < -0.39 is 0 Å². The Hall–Kier alpha value is -0.340. The minimum Gasteiger partial charge on any atom is -0.370 e. The Morgan fingerprint density at radius 3 is 3.12 bits per heavy atom. The third-order valence-electron chi connectivity index (χ3n) is 1.21. The fourth-order valence-corrected chi connectivity index (χ4v) is 0.786. The lowest BCUT2D eigenvalue weighted by Crippen LogP contribution is -2.11. The van der Waals surface area contributed by atoms with Gasteiger partial charge in [0.15, 0.2) is 0 Å². The molecule has 0 aromatic carbocycles. The van der Waals surface area contributed by atoms with Crippen molar-refractivity contribution in [2.45, 2.75) is 12.5 Å². The lowest BCUT2D eigenvalue weighted by molar-refractivity contribution is 0.123. The van der Waals surface area contributed by atoms with Crippen LogP contribution < -0.4 is 5.73 Å². The zero-order valence-corrected chi connectivity index (χ0v) is 4.84. The Labute approximate surface area is 49.3 Å². The van der Waals surface area contributed by atoms with E-state index in [1.165, 1.54) is 0 Å². The molecule has 8 heavy (non-hydrogen) atoms. The summed E-state index contributed by atoms with van der Waals surface area (Å²) in [4.78, 5) is 0. The first-order chi connectivity index (χ1) is 3.93. The normalized spacial score (nSPS) is 26.9. The fraction of sp³-hybridized carbons (Fsp3) is 0.667. The third-order valence-corrected chi connectivity index (χ3v) is 1.21. The molecule has 2 heteroatoms. The molecule has 46 valence electrons. The maximum Gasteiger partial charge on any atom is 0.0772 e. The summed E-state index contributed by atoms with van der Waals surface area (Å²) in [6, 6.07) is 0. The van der Waals surface area contributed by atoms with Crippen LogP contribution in [0.1, 0.15) is 6.42 Å². The summed E-state index contributed by atoms with van der Waals surface area (Å²) in [5, 5.41) is 0. The van der Waals surface area contributed by atoms with Gasteiger partial charge in [-0.2, -0.15) is 0 Å². The van der Waals surface area contributed by atoms with Crippen LogP contribution >= 0.6 is 0 Å². The van der Waals surface area contributed by atoms with E-state index in [-0.39, 0.29) is 0 Å². The standard InChI is InChI=1S/C6H11NO/c7-4-3-6-2-1-5-8-6/h1-2,6H,3-5,7H2/t6-/m0/s1.